The lowest BCUT2D eigenvalue weighted by molar-refractivity contribution is -0.138. The van der Waals surface area contributed by atoms with Gasteiger partial charge in [0.15, 0.2) is 9.84 Å². The first-order chi connectivity index (χ1) is 11.5. The lowest BCUT2D eigenvalue weighted by Crippen LogP contribution is -2.24. The first kappa shape index (κ1) is 19.3. The van der Waals surface area contributed by atoms with Crippen LogP contribution in [0.25, 0.3) is 0 Å². The van der Waals surface area contributed by atoms with Crippen molar-refractivity contribution < 1.29 is 21.6 Å². The van der Waals surface area contributed by atoms with Crippen molar-refractivity contribution in [2.45, 2.75) is 36.9 Å². The topological polar surface area (TPSA) is 46.2 Å². The average Bonchev–Trinajstić information content (AvgIpc) is 2.53. The van der Waals surface area contributed by atoms with Gasteiger partial charge in [-0.25, -0.2) is 8.42 Å². The van der Waals surface area contributed by atoms with E-state index in [1.165, 1.54) is 24.3 Å². The van der Waals surface area contributed by atoms with Crippen molar-refractivity contribution in [1.29, 1.82) is 0 Å². The highest BCUT2D eigenvalue weighted by Crippen LogP contribution is 2.36. The molecule has 0 heterocycles. The highest BCUT2D eigenvalue weighted by Gasteiger charge is 2.35. The summed E-state index contributed by atoms with van der Waals surface area (Å²) in [4.78, 5) is 0.196. The summed E-state index contributed by atoms with van der Waals surface area (Å²) in [5.74, 6) is -0.396. The van der Waals surface area contributed by atoms with E-state index in [1.54, 1.807) is 32.0 Å². The molecule has 3 nitrogen and oxygen atoms in total. The van der Waals surface area contributed by atoms with Crippen molar-refractivity contribution in [3.8, 4) is 0 Å². The van der Waals surface area contributed by atoms with Crippen molar-refractivity contribution in [2.75, 3.05) is 11.6 Å². The van der Waals surface area contributed by atoms with Gasteiger partial charge in [-0.3, -0.25) is 0 Å². The molecule has 0 aliphatic heterocycles. The highest BCUT2D eigenvalue weighted by atomic mass is 32.2. The van der Waals surface area contributed by atoms with Crippen molar-refractivity contribution in [3.05, 3.63) is 59.7 Å². The molecule has 0 radical (unpaired) electrons. The highest BCUT2D eigenvalue weighted by molar-refractivity contribution is 7.90. The molecule has 0 bridgehead atoms. The molecule has 136 valence electrons. The second-order valence-corrected chi connectivity index (χ2v) is 8.12. The number of halogens is 3. The van der Waals surface area contributed by atoms with Gasteiger partial charge in [0.05, 0.1) is 10.5 Å². The van der Waals surface area contributed by atoms with Gasteiger partial charge in [0.2, 0.25) is 0 Å². The van der Waals surface area contributed by atoms with Crippen LogP contribution in [0.3, 0.4) is 0 Å². The molecule has 0 fully saturated rings. The molecule has 0 spiro atoms. The van der Waals surface area contributed by atoms with Crippen LogP contribution in [0.2, 0.25) is 0 Å². The molecule has 0 amide bonds. The number of hydrogen-bond donors (Lipinski definition) is 1. The zero-order chi connectivity index (χ0) is 18.8. The van der Waals surface area contributed by atoms with E-state index in [-0.39, 0.29) is 16.5 Å². The Morgan fingerprint density at radius 2 is 1.52 bits per heavy atom. The molecule has 0 aliphatic rings. The van der Waals surface area contributed by atoms with Crippen molar-refractivity contribution in [1.82, 2.24) is 0 Å². The monoisotopic (exact) mass is 371 g/mol. The van der Waals surface area contributed by atoms with Gasteiger partial charge in [0, 0.05) is 23.9 Å². The molecule has 0 saturated heterocycles. The molecule has 25 heavy (non-hydrogen) atoms. The lowest BCUT2D eigenvalue weighted by atomic mass is 9.90. The quantitative estimate of drug-likeness (QED) is 0.828. The van der Waals surface area contributed by atoms with Crippen LogP contribution < -0.4 is 5.32 Å². The normalized spacial score (nSPS) is 14.8. The number of alkyl halides is 3. The Hall–Kier alpha value is -2.02. The van der Waals surface area contributed by atoms with Crippen LogP contribution in [0.4, 0.5) is 18.9 Å². The summed E-state index contributed by atoms with van der Waals surface area (Å²) in [6.07, 6.45) is -3.28. The summed E-state index contributed by atoms with van der Waals surface area (Å²) in [6.45, 7) is 3.52. The van der Waals surface area contributed by atoms with E-state index in [2.05, 4.69) is 5.32 Å². The Morgan fingerprint density at radius 1 is 0.960 bits per heavy atom. The van der Waals surface area contributed by atoms with E-state index in [4.69, 9.17) is 0 Å². The standard InChI is InChI=1S/C18H20F3NO2S/c1-12(16-6-4-5-7-17(16)18(19,20)21)13(2)22-14-8-10-15(11-9-14)25(3,23)24/h4-13,22H,1-3H3. The van der Waals surface area contributed by atoms with Gasteiger partial charge in [0.1, 0.15) is 0 Å². The van der Waals surface area contributed by atoms with Crippen LogP contribution in [0.1, 0.15) is 30.9 Å². The summed E-state index contributed by atoms with van der Waals surface area (Å²) in [5, 5.41) is 3.14. The molecular formula is C18H20F3NO2S. The predicted octanol–water partition coefficient (Wildman–Crippen LogP) is 4.71. The maximum atomic E-state index is 13.2. The second kappa shape index (κ2) is 7.07. The number of rotatable bonds is 5. The van der Waals surface area contributed by atoms with E-state index in [1.807, 2.05) is 0 Å². The minimum Gasteiger partial charge on any atom is -0.382 e. The van der Waals surface area contributed by atoms with Gasteiger partial charge >= 0.3 is 6.18 Å². The molecule has 2 aromatic rings. The Labute approximate surface area is 145 Å². The van der Waals surface area contributed by atoms with Crippen LogP contribution in [0.5, 0.6) is 0 Å². The van der Waals surface area contributed by atoms with Crippen LogP contribution in [-0.2, 0) is 16.0 Å². The first-order valence-corrected chi connectivity index (χ1v) is 9.62. The number of nitrogens with one attached hydrogen (secondary N) is 1. The molecule has 7 heteroatoms. The minimum atomic E-state index is -4.40. The number of benzene rings is 2. The number of hydrogen-bond acceptors (Lipinski definition) is 3. The summed E-state index contributed by atoms with van der Waals surface area (Å²) < 4.78 is 62.5. The third kappa shape index (κ3) is 4.75. The smallest absolute Gasteiger partial charge is 0.382 e. The molecule has 0 aliphatic carbocycles. The Balaban J connectivity index is 2.20. The molecular weight excluding hydrogens is 351 g/mol. The maximum absolute atomic E-state index is 13.2. The van der Waals surface area contributed by atoms with Gasteiger partial charge in [-0.1, -0.05) is 25.1 Å². The molecule has 2 aromatic carbocycles. The third-order valence-electron chi connectivity index (χ3n) is 4.18. The van der Waals surface area contributed by atoms with E-state index < -0.39 is 27.5 Å². The summed E-state index contributed by atoms with van der Waals surface area (Å²) in [5.41, 5.74) is 0.238. The van der Waals surface area contributed by atoms with Gasteiger partial charge in [-0.2, -0.15) is 13.2 Å². The van der Waals surface area contributed by atoms with Gasteiger partial charge < -0.3 is 5.32 Å². The second-order valence-electron chi connectivity index (χ2n) is 6.10. The zero-order valence-electron chi connectivity index (χ0n) is 14.1. The van der Waals surface area contributed by atoms with E-state index >= 15 is 0 Å². The summed E-state index contributed by atoms with van der Waals surface area (Å²) >= 11 is 0. The van der Waals surface area contributed by atoms with Crippen LogP contribution in [-0.4, -0.2) is 20.7 Å². The lowest BCUT2D eigenvalue weighted by Gasteiger charge is -2.25. The van der Waals surface area contributed by atoms with E-state index in [0.29, 0.717) is 5.69 Å². The molecule has 2 atom stereocenters. The fourth-order valence-corrected chi connectivity index (χ4v) is 3.24. The molecule has 0 saturated carbocycles. The average molecular weight is 371 g/mol. The Bertz CT molecular complexity index is 830. The molecule has 0 aromatic heterocycles. The third-order valence-corrected chi connectivity index (χ3v) is 5.31. The minimum absolute atomic E-state index is 0.196. The number of anilines is 1. The van der Waals surface area contributed by atoms with Crippen LogP contribution in [0.15, 0.2) is 53.4 Å². The SMILES string of the molecule is CC(Nc1ccc(S(C)(=O)=O)cc1)C(C)c1ccccc1C(F)(F)F. The Morgan fingerprint density at radius 3 is 2.04 bits per heavy atom. The fourth-order valence-electron chi connectivity index (χ4n) is 2.61. The predicted molar refractivity (Wildman–Crippen MR) is 92.5 cm³/mol. The van der Waals surface area contributed by atoms with E-state index in [0.717, 1.165) is 12.3 Å². The van der Waals surface area contributed by atoms with Crippen LogP contribution in [0, 0.1) is 0 Å². The Kier molecular flexibility index (Phi) is 5.46. The zero-order valence-corrected chi connectivity index (χ0v) is 14.9. The first-order valence-electron chi connectivity index (χ1n) is 7.73. The maximum Gasteiger partial charge on any atom is 0.416 e. The fraction of sp³-hybridized carbons (Fsp3) is 0.333. The molecule has 1 N–H and O–H groups in total. The van der Waals surface area contributed by atoms with Crippen molar-refractivity contribution >= 4 is 15.5 Å². The summed E-state index contributed by atoms with van der Waals surface area (Å²) in [6, 6.07) is 11.4. The summed E-state index contributed by atoms with van der Waals surface area (Å²) in [7, 11) is -3.28. The van der Waals surface area contributed by atoms with Gasteiger partial charge in [-0.05, 0) is 42.8 Å². The number of sulfone groups is 1. The molecule has 2 rings (SSSR count). The van der Waals surface area contributed by atoms with Crippen LogP contribution >= 0.6 is 0 Å². The van der Waals surface area contributed by atoms with Gasteiger partial charge in [-0.15, -0.1) is 0 Å². The molecule has 2 unspecified atom stereocenters. The van der Waals surface area contributed by atoms with Crippen molar-refractivity contribution in [2.24, 2.45) is 0 Å². The van der Waals surface area contributed by atoms with E-state index in [9.17, 15) is 21.6 Å². The largest absolute Gasteiger partial charge is 0.416 e. The van der Waals surface area contributed by atoms with Crippen molar-refractivity contribution in [3.63, 3.8) is 0 Å². The van der Waals surface area contributed by atoms with Gasteiger partial charge in [0.25, 0.3) is 0 Å².